The zero-order chi connectivity index (χ0) is 13.7. The van der Waals surface area contributed by atoms with Gasteiger partial charge in [0, 0.05) is 12.4 Å². The number of alkyl halides is 1. The molecule has 0 aromatic heterocycles. The van der Waals surface area contributed by atoms with Gasteiger partial charge in [0.1, 0.15) is 5.82 Å². The molecule has 1 N–H and O–H groups in total. The van der Waals surface area contributed by atoms with E-state index in [1.54, 1.807) is 12.1 Å². The number of halogens is 3. The zero-order valence-electron chi connectivity index (χ0n) is 11.0. The van der Waals surface area contributed by atoms with Crippen LogP contribution in [0.25, 0.3) is 0 Å². The van der Waals surface area contributed by atoms with Crippen LogP contribution in [0.1, 0.15) is 31.2 Å². The largest absolute Gasteiger partial charge is 0.312 e. The average Bonchev–Trinajstić information content (AvgIpc) is 2.43. The minimum atomic E-state index is -0.361. The first kappa shape index (κ1) is 15.1. The molecule has 1 aromatic carbocycles. The SMILES string of the molecule is Fc1ccc(CNCC2CCCCC2CCl)cc1Cl. The van der Waals surface area contributed by atoms with E-state index in [2.05, 4.69) is 5.32 Å². The fourth-order valence-corrected chi connectivity index (χ4v) is 3.42. The summed E-state index contributed by atoms with van der Waals surface area (Å²) in [7, 11) is 0. The van der Waals surface area contributed by atoms with Crippen molar-refractivity contribution in [1.82, 2.24) is 5.32 Å². The summed E-state index contributed by atoms with van der Waals surface area (Å²) < 4.78 is 13.0. The number of hydrogen-bond donors (Lipinski definition) is 1. The number of hydrogen-bond acceptors (Lipinski definition) is 1. The van der Waals surface area contributed by atoms with Gasteiger partial charge in [-0.2, -0.15) is 0 Å². The van der Waals surface area contributed by atoms with Crippen molar-refractivity contribution in [2.24, 2.45) is 11.8 Å². The molecule has 4 heteroatoms. The normalized spacial score (nSPS) is 23.5. The van der Waals surface area contributed by atoms with Crippen molar-refractivity contribution in [3.63, 3.8) is 0 Å². The third kappa shape index (κ3) is 4.34. The van der Waals surface area contributed by atoms with Gasteiger partial charge in [0.15, 0.2) is 0 Å². The Kier molecular flexibility index (Phi) is 5.93. The summed E-state index contributed by atoms with van der Waals surface area (Å²) in [5.41, 5.74) is 1.02. The van der Waals surface area contributed by atoms with Crippen molar-refractivity contribution in [1.29, 1.82) is 0 Å². The van der Waals surface area contributed by atoms with Crippen LogP contribution in [0.2, 0.25) is 5.02 Å². The maximum Gasteiger partial charge on any atom is 0.141 e. The van der Waals surface area contributed by atoms with Crippen LogP contribution in [0.15, 0.2) is 18.2 Å². The Labute approximate surface area is 124 Å². The van der Waals surface area contributed by atoms with Gasteiger partial charge in [-0.25, -0.2) is 4.39 Å². The standard InChI is InChI=1S/C15H20Cl2FN/c16-8-12-3-1-2-4-13(12)10-19-9-11-5-6-15(18)14(17)7-11/h5-7,12-13,19H,1-4,8-10H2. The van der Waals surface area contributed by atoms with Crippen LogP contribution >= 0.6 is 23.2 Å². The molecule has 0 aliphatic heterocycles. The Bertz CT molecular complexity index is 411. The summed E-state index contributed by atoms with van der Waals surface area (Å²) in [6.07, 6.45) is 5.12. The molecule has 1 aliphatic rings. The Hall–Kier alpha value is -0.310. The van der Waals surface area contributed by atoms with E-state index in [1.807, 2.05) is 0 Å². The highest BCUT2D eigenvalue weighted by molar-refractivity contribution is 6.30. The Morgan fingerprint density at radius 2 is 1.95 bits per heavy atom. The van der Waals surface area contributed by atoms with Crippen LogP contribution < -0.4 is 5.32 Å². The molecule has 2 unspecified atom stereocenters. The van der Waals surface area contributed by atoms with E-state index < -0.39 is 0 Å². The van der Waals surface area contributed by atoms with Crippen molar-refractivity contribution in [2.75, 3.05) is 12.4 Å². The van der Waals surface area contributed by atoms with Gasteiger partial charge >= 0.3 is 0 Å². The summed E-state index contributed by atoms with van der Waals surface area (Å²) in [6.45, 7) is 1.71. The molecule has 2 atom stereocenters. The van der Waals surface area contributed by atoms with Crippen molar-refractivity contribution in [3.8, 4) is 0 Å². The van der Waals surface area contributed by atoms with Crippen molar-refractivity contribution in [3.05, 3.63) is 34.6 Å². The topological polar surface area (TPSA) is 12.0 Å². The second-order valence-corrected chi connectivity index (χ2v) is 6.05. The van der Waals surface area contributed by atoms with Crippen LogP contribution in [-0.2, 0) is 6.54 Å². The molecule has 19 heavy (non-hydrogen) atoms. The van der Waals surface area contributed by atoms with Gasteiger partial charge in [-0.05, 0) is 48.9 Å². The van der Waals surface area contributed by atoms with Gasteiger partial charge in [0.2, 0.25) is 0 Å². The van der Waals surface area contributed by atoms with Gasteiger partial charge in [0.25, 0.3) is 0 Å². The zero-order valence-corrected chi connectivity index (χ0v) is 12.5. The number of nitrogens with one attached hydrogen (secondary N) is 1. The smallest absolute Gasteiger partial charge is 0.141 e. The number of rotatable bonds is 5. The molecule has 0 amide bonds. The first-order valence-electron chi connectivity index (χ1n) is 6.91. The summed E-state index contributed by atoms with van der Waals surface area (Å²) in [6, 6.07) is 4.87. The summed E-state index contributed by atoms with van der Waals surface area (Å²) in [4.78, 5) is 0. The van der Waals surface area contributed by atoms with Crippen molar-refractivity contribution in [2.45, 2.75) is 32.2 Å². The van der Waals surface area contributed by atoms with E-state index in [9.17, 15) is 4.39 Å². The predicted molar refractivity (Wildman–Crippen MR) is 79.3 cm³/mol. The van der Waals surface area contributed by atoms with Crippen LogP contribution in [0, 0.1) is 17.7 Å². The van der Waals surface area contributed by atoms with E-state index in [-0.39, 0.29) is 10.8 Å². The van der Waals surface area contributed by atoms with Gasteiger partial charge in [-0.1, -0.05) is 30.5 Å². The monoisotopic (exact) mass is 303 g/mol. The van der Waals surface area contributed by atoms with Gasteiger partial charge in [0.05, 0.1) is 5.02 Å². The molecule has 1 aliphatic carbocycles. The molecular formula is C15H20Cl2FN. The molecule has 0 radical (unpaired) electrons. The second kappa shape index (κ2) is 7.47. The van der Waals surface area contributed by atoms with E-state index >= 15 is 0 Å². The lowest BCUT2D eigenvalue weighted by Gasteiger charge is -2.30. The fraction of sp³-hybridized carbons (Fsp3) is 0.600. The molecule has 1 fully saturated rings. The Morgan fingerprint density at radius 1 is 1.21 bits per heavy atom. The van der Waals surface area contributed by atoms with Crippen LogP contribution in [0.3, 0.4) is 0 Å². The lowest BCUT2D eigenvalue weighted by atomic mass is 9.80. The van der Waals surface area contributed by atoms with Crippen molar-refractivity contribution < 1.29 is 4.39 Å². The first-order chi connectivity index (χ1) is 9.20. The molecule has 2 rings (SSSR count). The predicted octanol–water partition coefficient (Wildman–Crippen LogP) is 4.61. The highest BCUT2D eigenvalue weighted by Gasteiger charge is 2.23. The molecule has 0 heterocycles. The van der Waals surface area contributed by atoms with Crippen LogP contribution in [-0.4, -0.2) is 12.4 Å². The van der Waals surface area contributed by atoms with Gasteiger partial charge in [-0.3, -0.25) is 0 Å². The van der Waals surface area contributed by atoms with E-state index in [4.69, 9.17) is 23.2 Å². The highest BCUT2D eigenvalue weighted by Crippen LogP contribution is 2.30. The molecule has 1 aromatic rings. The van der Waals surface area contributed by atoms with Crippen LogP contribution in [0.4, 0.5) is 4.39 Å². The van der Waals surface area contributed by atoms with Gasteiger partial charge in [-0.15, -0.1) is 11.6 Å². The highest BCUT2D eigenvalue weighted by atomic mass is 35.5. The average molecular weight is 304 g/mol. The summed E-state index contributed by atoms with van der Waals surface area (Å²) in [5, 5.41) is 3.63. The minimum absolute atomic E-state index is 0.190. The summed E-state index contributed by atoms with van der Waals surface area (Å²) in [5.74, 6) is 1.70. The third-order valence-corrected chi connectivity index (χ3v) is 4.67. The molecule has 1 saturated carbocycles. The fourth-order valence-electron chi connectivity index (χ4n) is 2.81. The minimum Gasteiger partial charge on any atom is -0.312 e. The van der Waals surface area contributed by atoms with E-state index in [1.165, 1.54) is 31.7 Å². The third-order valence-electron chi connectivity index (χ3n) is 3.98. The molecule has 0 spiro atoms. The first-order valence-corrected chi connectivity index (χ1v) is 7.82. The molecule has 1 nitrogen and oxygen atoms in total. The van der Waals surface area contributed by atoms with Gasteiger partial charge < -0.3 is 5.32 Å². The Morgan fingerprint density at radius 3 is 2.63 bits per heavy atom. The quantitative estimate of drug-likeness (QED) is 0.783. The maximum absolute atomic E-state index is 13.0. The maximum atomic E-state index is 13.0. The second-order valence-electron chi connectivity index (χ2n) is 5.34. The lowest BCUT2D eigenvalue weighted by Crippen LogP contribution is -2.31. The Balaban J connectivity index is 1.80. The molecular weight excluding hydrogens is 284 g/mol. The summed E-state index contributed by atoms with van der Waals surface area (Å²) >= 11 is 11.8. The van der Waals surface area contributed by atoms with Crippen molar-refractivity contribution >= 4 is 23.2 Å². The number of benzene rings is 1. The molecule has 0 bridgehead atoms. The lowest BCUT2D eigenvalue weighted by molar-refractivity contribution is 0.250. The molecule has 0 saturated heterocycles. The van der Waals surface area contributed by atoms with E-state index in [0.29, 0.717) is 11.8 Å². The molecule has 106 valence electrons. The van der Waals surface area contributed by atoms with E-state index in [0.717, 1.165) is 24.5 Å². The van der Waals surface area contributed by atoms with Crippen LogP contribution in [0.5, 0.6) is 0 Å².